The molecule has 0 aromatic heterocycles. The molecule has 0 aliphatic rings. The van der Waals surface area contributed by atoms with Crippen LogP contribution in [0.4, 0.5) is 5.69 Å². The second-order valence-electron chi connectivity index (χ2n) is 5.59. The molecule has 0 radical (unpaired) electrons. The number of hydrogen-bond donors (Lipinski definition) is 0. The molecule has 120 valence electrons. The molecule has 2 rings (SSSR count). The van der Waals surface area contributed by atoms with Crippen LogP contribution in [-0.4, -0.2) is 10.9 Å². The molecule has 5 heteroatoms. The topological polar surface area (TPSA) is 69.4 Å². The lowest BCUT2D eigenvalue weighted by atomic mass is 10.1. The first-order valence-electron chi connectivity index (χ1n) is 7.39. The van der Waals surface area contributed by atoms with Gasteiger partial charge in [0.1, 0.15) is 5.75 Å². The molecule has 0 atom stereocenters. The van der Waals surface area contributed by atoms with Gasteiger partial charge in [0.05, 0.1) is 11.3 Å². The average molecular weight is 313 g/mol. The quantitative estimate of drug-likeness (QED) is 0.361. The standard InChI is InChI=1S/C18H19NO4/c1-12-10-13(2)18(14(3)11-12)23-17(20)9-8-15-6-4-5-7-16(15)19(21)22/h4-7,10-11H,8-9H2,1-3H3. The lowest BCUT2D eigenvalue weighted by Crippen LogP contribution is -2.11. The van der Waals surface area contributed by atoms with Crippen LogP contribution in [0.3, 0.4) is 0 Å². The third-order valence-electron chi connectivity index (χ3n) is 3.61. The Balaban J connectivity index is 2.06. The zero-order valence-corrected chi connectivity index (χ0v) is 13.5. The van der Waals surface area contributed by atoms with E-state index in [0.717, 1.165) is 16.7 Å². The molecule has 0 aliphatic carbocycles. The number of nitrogens with zero attached hydrogens (tertiary/aromatic N) is 1. The Kier molecular flexibility index (Phi) is 5.11. The van der Waals surface area contributed by atoms with Crippen molar-refractivity contribution in [3.63, 3.8) is 0 Å². The summed E-state index contributed by atoms with van der Waals surface area (Å²) < 4.78 is 5.44. The molecule has 0 heterocycles. The smallest absolute Gasteiger partial charge is 0.311 e. The fraction of sp³-hybridized carbons (Fsp3) is 0.278. The van der Waals surface area contributed by atoms with Crippen LogP contribution >= 0.6 is 0 Å². The van der Waals surface area contributed by atoms with E-state index in [1.807, 2.05) is 32.9 Å². The van der Waals surface area contributed by atoms with Crippen LogP contribution in [0.5, 0.6) is 5.75 Å². The Morgan fingerprint density at radius 3 is 2.35 bits per heavy atom. The molecule has 23 heavy (non-hydrogen) atoms. The van der Waals surface area contributed by atoms with Gasteiger partial charge in [-0.15, -0.1) is 0 Å². The molecule has 5 nitrogen and oxygen atoms in total. The maximum Gasteiger partial charge on any atom is 0.311 e. The number of carbonyl (C=O) groups is 1. The highest BCUT2D eigenvalue weighted by molar-refractivity contribution is 5.74. The van der Waals surface area contributed by atoms with Crippen molar-refractivity contribution < 1.29 is 14.5 Å². The predicted octanol–water partition coefficient (Wildman–Crippen LogP) is 4.06. The van der Waals surface area contributed by atoms with E-state index in [1.54, 1.807) is 18.2 Å². The van der Waals surface area contributed by atoms with Crippen molar-refractivity contribution in [3.05, 3.63) is 68.8 Å². The normalized spacial score (nSPS) is 10.4. The zero-order valence-electron chi connectivity index (χ0n) is 13.5. The first kappa shape index (κ1) is 16.7. The second kappa shape index (κ2) is 7.05. The zero-order chi connectivity index (χ0) is 17.0. The van der Waals surface area contributed by atoms with Gasteiger partial charge in [0.15, 0.2) is 0 Å². The third kappa shape index (κ3) is 4.16. The fourth-order valence-corrected chi connectivity index (χ4v) is 2.63. The molecule has 0 fully saturated rings. The Morgan fingerprint density at radius 1 is 1.13 bits per heavy atom. The number of nitro benzene ring substituents is 1. The number of aryl methyl sites for hydroxylation is 4. The summed E-state index contributed by atoms with van der Waals surface area (Å²) in [4.78, 5) is 22.6. The van der Waals surface area contributed by atoms with Crippen LogP contribution in [0.2, 0.25) is 0 Å². The van der Waals surface area contributed by atoms with Gasteiger partial charge in [-0.05, 0) is 38.3 Å². The largest absolute Gasteiger partial charge is 0.426 e. The summed E-state index contributed by atoms with van der Waals surface area (Å²) in [5.74, 6) is 0.182. The fourth-order valence-electron chi connectivity index (χ4n) is 2.63. The minimum absolute atomic E-state index is 0.0306. The van der Waals surface area contributed by atoms with Crippen LogP contribution in [0.15, 0.2) is 36.4 Å². The minimum atomic E-state index is -0.436. The minimum Gasteiger partial charge on any atom is -0.426 e. The summed E-state index contributed by atoms with van der Waals surface area (Å²) in [7, 11) is 0. The van der Waals surface area contributed by atoms with Crippen LogP contribution in [0.25, 0.3) is 0 Å². The number of rotatable bonds is 5. The summed E-state index contributed by atoms with van der Waals surface area (Å²) in [6, 6.07) is 10.3. The van der Waals surface area contributed by atoms with Gasteiger partial charge in [0, 0.05) is 11.6 Å². The van der Waals surface area contributed by atoms with Crippen molar-refractivity contribution in [2.75, 3.05) is 0 Å². The predicted molar refractivity (Wildman–Crippen MR) is 87.7 cm³/mol. The Morgan fingerprint density at radius 2 is 1.74 bits per heavy atom. The Labute approximate surface area is 135 Å². The molecule has 2 aromatic carbocycles. The molecule has 0 spiro atoms. The monoisotopic (exact) mass is 313 g/mol. The molecule has 0 bridgehead atoms. The highest BCUT2D eigenvalue weighted by Gasteiger charge is 2.15. The molecule has 0 saturated carbocycles. The number of benzene rings is 2. The average Bonchev–Trinajstić information content (AvgIpc) is 2.49. The van der Waals surface area contributed by atoms with Crippen molar-refractivity contribution in [1.82, 2.24) is 0 Å². The number of hydrogen-bond acceptors (Lipinski definition) is 4. The molecule has 0 saturated heterocycles. The second-order valence-corrected chi connectivity index (χ2v) is 5.59. The molecule has 0 aliphatic heterocycles. The molecule has 0 unspecified atom stereocenters. The number of ether oxygens (including phenoxy) is 1. The Hall–Kier alpha value is -2.69. The molecular weight excluding hydrogens is 294 g/mol. The van der Waals surface area contributed by atoms with Gasteiger partial charge in [-0.2, -0.15) is 0 Å². The first-order chi connectivity index (χ1) is 10.9. The SMILES string of the molecule is Cc1cc(C)c(OC(=O)CCc2ccccc2[N+](=O)[O-])c(C)c1. The van der Waals surface area contributed by atoms with Gasteiger partial charge in [-0.3, -0.25) is 14.9 Å². The van der Waals surface area contributed by atoms with Crippen molar-refractivity contribution in [2.45, 2.75) is 33.6 Å². The third-order valence-corrected chi connectivity index (χ3v) is 3.61. The van der Waals surface area contributed by atoms with E-state index < -0.39 is 10.9 Å². The molecule has 0 amide bonds. The highest BCUT2D eigenvalue weighted by atomic mass is 16.6. The van der Waals surface area contributed by atoms with Gasteiger partial charge in [-0.1, -0.05) is 35.9 Å². The van der Waals surface area contributed by atoms with Gasteiger partial charge in [0.25, 0.3) is 5.69 Å². The first-order valence-corrected chi connectivity index (χ1v) is 7.39. The number of para-hydroxylation sites is 1. The number of esters is 1. The summed E-state index contributed by atoms with van der Waals surface area (Å²) in [5, 5.41) is 11.0. The van der Waals surface area contributed by atoms with Crippen LogP contribution in [0, 0.1) is 30.9 Å². The van der Waals surface area contributed by atoms with Gasteiger partial charge >= 0.3 is 5.97 Å². The van der Waals surface area contributed by atoms with E-state index in [1.165, 1.54) is 6.07 Å². The molecular formula is C18H19NO4. The summed E-state index contributed by atoms with van der Waals surface area (Å²) in [5.41, 5.74) is 3.48. The van der Waals surface area contributed by atoms with Crippen LogP contribution in [-0.2, 0) is 11.2 Å². The van der Waals surface area contributed by atoms with E-state index in [0.29, 0.717) is 11.3 Å². The van der Waals surface area contributed by atoms with E-state index in [2.05, 4.69) is 0 Å². The number of nitro groups is 1. The summed E-state index contributed by atoms with van der Waals surface area (Å²) >= 11 is 0. The van der Waals surface area contributed by atoms with E-state index in [4.69, 9.17) is 4.74 Å². The van der Waals surface area contributed by atoms with Gasteiger partial charge in [-0.25, -0.2) is 0 Å². The van der Waals surface area contributed by atoms with Gasteiger partial charge in [0.2, 0.25) is 0 Å². The van der Waals surface area contributed by atoms with E-state index in [-0.39, 0.29) is 18.5 Å². The van der Waals surface area contributed by atoms with Crippen LogP contribution in [0.1, 0.15) is 28.7 Å². The lowest BCUT2D eigenvalue weighted by Gasteiger charge is -2.11. The highest BCUT2D eigenvalue weighted by Crippen LogP contribution is 2.25. The van der Waals surface area contributed by atoms with Crippen LogP contribution < -0.4 is 4.74 Å². The lowest BCUT2D eigenvalue weighted by molar-refractivity contribution is -0.385. The van der Waals surface area contributed by atoms with Crippen molar-refractivity contribution >= 4 is 11.7 Å². The maximum absolute atomic E-state index is 12.1. The summed E-state index contributed by atoms with van der Waals surface area (Å²) in [6.45, 7) is 5.77. The Bertz CT molecular complexity index is 729. The van der Waals surface area contributed by atoms with Gasteiger partial charge < -0.3 is 4.74 Å². The van der Waals surface area contributed by atoms with Crippen molar-refractivity contribution in [3.8, 4) is 5.75 Å². The molecule has 0 N–H and O–H groups in total. The van der Waals surface area contributed by atoms with Crippen molar-refractivity contribution in [2.24, 2.45) is 0 Å². The van der Waals surface area contributed by atoms with E-state index >= 15 is 0 Å². The summed E-state index contributed by atoms with van der Waals surface area (Å²) in [6.07, 6.45) is 0.373. The van der Waals surface area contributed by atoms with E-state index in [9.17, 15) is 14.9 Å². The molecule has 2 aromatic rings. The maximum atomic E-state index is 12.1. The van der Waals surface area contributed by atoms with Crippen molar-refractivity contribution in [1.29, 1.82) is 0 Å². The number of carbonyl (C=O) groups excluding carboxylic acids is 1.